The zero-order chi connectivity index (χ0) is 13.7. The van der Waals surface area contributed by atoms with Gasteiger partial charge in [-0.15, -0.1) is 0 Å². The van der Waals surface area contributed by atoms with Gasteiger partial charge >= 0.3 is 12.2 Å². The van der Waals surface area contributed by atoms with E-state index in [4.69, 9.17) is 33.0 Å². The summed E-state index contributed by atoms with van der Waals surface area (Å²) in [5, 5.41) is 8.81. The second kappa shape index (κ2) is 6.51. The second-order valence-corrected chi connectivity index (χ2v) is 3.92. The number of ether oxygens (including phenoxy) is 1. The minimum atomic E-state index is -2.10. The van der Waals surface area contributed by atoms with Gasteiger partial charge in [-0.2, -0.15) is 13.8 Å². The van der Waals surface area contributed by atoms with Crippen molar-refractivity contribution in [2.45, 2.75) is 6.42 Å². The fourth-order valence-electron chi connectivity index (χ4n) is 1.14. The van der Waals surface area contributed by atoms with E-state index in [2.05, 4.69) is 4.99 Å². The van der Waals surface area contributed by atoms with Crippen LogP contribution in [0.25, 0.3) is 0 Å². The largest absolute Gasteiger partial charge is 0.481 e. The molecule has 0 spiro atoms. The van der Waals surface area contributed by atoms with Crippen LogP contribution < -0.4 is 4.74 Å². The molecule has 0 aromatic heterocycles. The molecule has 0 unspecified atom stereocenters. The number of benzene rings is 1. The molecule has 0 saturated heterocycles. The molecule has 18 heavy (non-hydrogen) atoms. The molecule has 0 heterocycles. The van der Waals surface area contributed by atoms with Crippen LogP contribution in [-0.4, -0.2) is 24.0 Å². The van der Waals surface area contributed by atoms with Crippen molar-refractivity contribution in [3.8, 4) is 5.75 Å². The molecule has 0 aliphatic heterocycles. The lowest BCUT2D eigenvalue weighted by atomic mass is 10.1. The van der Waals surface area contributed by atoms with Gasteiger partial charge in [-0.25, -0.2) is 0 Å². The average Bonchev–Trinajstić information content (AvgIpc) is 2.22. The molecule has 0 fully saturated rings. The quantitative estimate of drug-likeness (QED) is 0.849. The number of aliphatic carboxylic acids is 1. The molecule has 0 aliphatic rings. The lowest BCUT2D eigenvalue weighted by Crippen LogP contribution is -2.02. The van der Waals surface area contributed by atoms with E-state index in [1.807, 2.05) is 0 Å². The fraction of sp³-hybridized carbons (Fsp3) is 0.200. The normalized spacial score (nSPS) is 10.0. The highest BCUT2D eigenvalue weighted by Crippen LogP contribution is 2.30. The van der Waals surface area contributed by atoms with Crippen molar-refractivity contribution in [1.29, 1.82) is 0 Å². The van der Waals surface area contributed by atoms with Crippen LogP contribution in [0.2, 0.25) is 10.0 Å². The molecule has 4 nitrogen and oxygen atoms in total. The molecule has 0 bridgehead atoms. The summed E-state index contributed by atoms with van der Waals surface area (Å²) in [5.74, 6) is -0.958. The van der Waals surface area contributed by atoms with Crippen molar-refractivity contribution in [1.82, 2.24) is 0 Å². The molecule has 0 radical (unpaired) electrons. The third-order valence-corrected chi connectivity index (χ3v) is 2.53. The summed E-state index contributed by atoms with van der Waals surface area (Å²) in [5.41, 5.74) is 0.235. The molecular weight excluding hydrogens is 291 g/mol. The van der Waals surface area contributed by atoms with Gasteiger partial charge in [-0.1, -0.05) is 23.2 Å². The predicted molar refractivity (Wildman–Crippen MR) is 62.9 cm³/mol. The number of aliphatic imine (C=N–C) groups is 1. The van der Waals surface area contributed by atoms with Crippen LogP contribution in [0.1, 0.15) is 5.56 Å². The zero-order valence-corrected chi connectivity index (χ0v) is 10.3. The molecule has 0 atom stereocenters. The van der Waals surface area contributed by atoms with Crippen LogP contribution >= 0.6 is 23.2 Å². The Labute approximate surface area is 111 Å². The molecule has 0 aliphatic carbocycles. The Kier molecular flexibility index (Phi) is 5.30. The Morgan fingerprint density at radius 2 is 1.89 bits per heavy atom. The summed E-state index contributed by atoms with van der Waals surface area (Å²) in [6, 6.07) is 2.58. The van der Waals surface area contributed by atoms with E-state index in [-0.39, 0.29) is 27.8 Å². The maximum absolute atomic E-state index is 11.7. The van der Waals surface area contributed by atoms with Crippen LogP contribution in [0.5, 0.6) is 5.75 Å². The van der Waals surface area contributed by atoms with Gasteiger partial charge < -0.3 is 9.84 Å². The summed E-state index contributed by atoms with van der Waals surface area (Å²) in [7, 11) is 0. The van der Waals surface area contributed by atoms with Crippen molar-refractivity contribution in [3.63, 3.8) is 0 Å². The lowest BCUT2D eigenvalue weighted by molar-refractivity contribution is -0.136. The van der Waals surface area contributed by atoms with Gasteiger partial charge in [0.15, 0.2) is 6.73 Å². The number of halogens is 4. The third kappa shape index (κ3) is 4.46. The van der Waals surface area contributed by atoms with Gasteiger partial charge in [-0.05, 0) is 12.1 Å². The first-order valence-electron chi connectivity index (χ1n) is 4.58. The second-order valence-electron chi connectivity index (χ2n) is 3.11. The van der Waals surface area contributed by atoms with E-state index in [1.165, 1.54) is 12.1 Å². The van der Waals surface area contributed by atoms with E-state index in [0.29, 0.717) is 0 Å². The monoisotopic (exact) mass is 297 g/mol. The highest BCUT2D eigenvalue weighted by molar-refractivity contribution is 6.36. The number of carboxylic acids is 1. The van der Waals surface area contributed by atoms with Crippen LogP contribution in [-0.2, 0) is 11.2 Å². The van der Waals surface area contributed by atoms with Crippen molar-refractivity contribution in [3.05, 3.63) is 27.7 Å². The number of rotatable bonds is 5. The summed E-state index contributed by atoms with van der Waals surface area (Å²) in [6.07, 6.45) is -2.44. The maximum atomic E-state index is 11.7. The van der Waals surface area contributed by atoms with Gasteiger partial charge in [0, 0.05) is 15.6 Å². The first-order valence-corrected chi connectivity index (χ1v) is 5.33. The summed E-state index contributed by atoms with van der Waals surface area (Å²) in [4.78, 5) is 13.3. The first kappa shape index (κ1) is 14.7. The topological polar surface area (TPSA) is 58.9 Å². The van der Waals surface area contributed by atoms with Gasteiger partial charge in [0.25, 0.3) is 0 Å². The van der Waals surface area contributed by atoms with Crippen LogP contribution in [0.15, 0.2) is 17.1 Å². The summed E-state index contributed by atoms with van der Waals surface area (Å²) < 4.78 is 28.2. The molecule has 1 aromatic rings. The van der Waals surface area contributed by atoms with Crippen LogP contribution in [0.3, 0.4) is 0 Å². The molecule has 1 aromatic carbocycles. The zero-order valence-electron chi connectivity index (χ0n) is 8.79. The third-order valence-electron chi connectivity index (χ3n) is 1.86. The minimum Gasteiger partial charge on any atom is -0.481 e. The molecule has 98 valence electrons. The number of hydrogen-bond donors (Lipinski definition) is 1. The average molecular weight is 298 g/mol. The lowest BCUT2D eigenvalue weighted by Gasteiger charge is -2.08. The van der Waals surface area contributed by atoms with Crippen molar-refractivity contribution >= 4 is 35.4 Å². The number of carboxylic acid groups (broad SMARTS) is 1. The van der Waals surface area contributed by atoms with Gasteiger partial charge in [0.1, 0.15) is 5.75 Å². The Bertz CT molecular complexity index is 467. The summed E-state index contributed by atoms with van der Waals surface area (Å²) >= 11 is 11.6. The Balaban J connectivity index is 2.85. The molecule has 0 amide bonds. The Morgan fingerprint density at radius 3 is 2.33 bits per heavy atom. The van der Waals surface area contributed by atoms with Crippen molar-refractivity contribution in [2.24, 2.45) is 4.99 Å². The van der Waals surface area contributed by atoms with E-state index in [0.717, 1.165) is 0 Å². The standard InChI is InChI=1S/C10H7Cl2F2NO3/c11-7-1-5(18-4-15-10(13)14)2-8(12)6(7)3-9(16)17/h1-2H,3-4H2,(H,16,17). The predicted octanol–water partition coefficient (Wildman–Crippen LogP) is 3.25. The first-order chi connectivity index (χ1) is 8.40. The van der Waals surface area contributed by atoms with Gasteiger partial charge in [-0.3, -0.25) is 4.79 Å². The van der Waals surface area contributed by atoms with Crippen molar-refractivity contribution in [2.75, 3.05) is 6.73 Å². The highest BCUT2D eigenvalue weighted by atomic mass is 35.5. The van der Waals surface area contributed by atoms with Crippen molar-refractivity contribution < 1.29 is 23.4 Å². The fourth-order valence-corrected chi connectivity index (χ4v) is 1.74. The van der Waals surface area contributed by atoms with E-state index in [1.54, 1.807) is 0 Å². The number of nitrogens with zero attached hydrogens (tertiary/aromatic N) is 1. The maximum Gasteiger partial charge on any atom is 0.363 e. The number of hydrogen-bond acceptors (Lipinski definition) is 3. The summed E-state index contributed by atoms with van der Waals surface area (Å²) in [6.45, 7) is -0.576. The minimum absolute atomic E-state index is 0.0876. The Morgan fingerprint density at radius 1 is 1.33 bits per heavy atom. The van der Waals surface area contributed by atoms with Gasteiger partial charge in [0.2, 0.25) is 0 Å². The highest BCUT2D eigenvalue weighted by Gasteiger charge is 2.12. The molecule has 8 heteroatoms. The van der Waals surface area contributed by atoms with E-state index in [9.17, 15) is 13.6 Å². The van der Waals surface area contributed by atoms with E-state index >= 15 is 0 Å². The van der Waals surface area contributed by atoms with Crippen LogP contribution in [0.4, 0.5) is 8.78 Å². The molecule has 1 N–H and O–H groups in total. The smallest absolute Gasteiger partial charge is 0.363 e. The van der Waals surface area contributed by atoms with Crippen LogP contribution in [0, 0.1) is 0 Å². The SMILES string of the molecule is O=C(O)Cc1c(Cl)cc(OCN=C(F)F)cc1Cl. The van der Waals surface area contributed by atoms with Gasteiger partial charge in [0.05, 0.1) is 6.42 Å². The molecule has 1 rings (SSSR count). The molecule has 0 saturated carbocycles. The number of carbonyl (C=O) groups is 1. The molecular formula is C10H7Cl2F2NO3. The Hall–Kier alpha value is -1.40. The van der Waals surface area contributed by atoms with E-state index < -0.39 is 18.9 Å².